The van der Waals surface area contributed by atoms with Gasteiger partial charge in [-0.1, -0.05) is 30.3 Å². The van der Waals surface area contributed by atoms with Crippen LogP contribution in [0.4, 0.5) is 0 Å². The van der Waals surface area contributed by atoms with E-state index in [-0.39, 0.29) is 11.9 Å². The van der Waals surface area contributed by atoms with Crippen LogP contribution < -0.4 is 5.32 Å². The van der Waals surface area contributed by atoms with E-state index in [1.165, 1.54) is 24.2 Å². The molecule has 1 atom stereocenters. The zero-order valence-electron chi connectivity index (χ0n) is 14.6. The normalized spacial score (nSPS) is 15.8. The first-order valence-corrected chi connectivity index (χ1v) is 9.89. The van der Waals surface area contributed by atoms with Crippen LogP contribution in [0.2, 0.25) is 0 Å². The van der Waals surface area contributed by atoms with E-state index in [1.807, 2.05) is 53.9 Å². The standard InChI is InChI=1S/C21H22N2O2S/c24-21(20-17(10-14-26-20)16-7-2-1-3-8-16)22-15-18(19-9-6-13-25-19)23-11-4-5-12-23/h1-3,6-10,13-14,18H,4-5,11-12,15H2,(H,22,24). The van der Waals surface area contributed by atoms with Crippen LogP contribution in [0.15, 0.2) is 64.6 Å². The first-order valence-electron chi connectivity index (χ1n) is 9.01. The molecular weight excluding hydrogens is 344 g/mol. The number of carbonyl (C=O) groups is 1. The Kier molecular flexibility index (Phi) is 5.18. The Labute approximate surface area is 157 Å². The average molecular weight is 366 g/mol. The molecule has 1 N–H and O–H groups in total. The van der Waals surface area contributed by atoms with Crippen LogP contribution in [-0.4, -0.2) is 30.4 Å². The number of nitrogens with one attached hydrogen (secondary N) is 1. The summed E-state index contributed by atoms with van der Waals surface area (Å²) in [6.45, 7) is 2.66. The highest BCUT2D eigenvalue weighted by molar-refractivity contribution is 7.12. The van der Waals surface area contributed by atoms with E-state index in [0.717, 1.165) is 34.9 Å². The second kappa shape index (κ2) is 7.89. The summed E-state index contributed by atoms with van der Waals surface area (Å²) in [6, 6.07) is 16.1. The molecule has 1 saturated heterocycles. The smallest absolute Gasteiger partial charge is 0.262 e. The number of thiophene rings is 1. The van der Waals surface area contributed by atoms with E-state index in [0.29, 0.717) is 6.54 Å². The van der Waals surface area contributed by atoms with Gasteiger partial charge >= 0.3 is 0 Å². The summed E-state index contributed by atoms with van der Waals surface area (Å²) < 4.78 is 5.63. The first kappa shape index (κ1) is 17.1. The molecule has 0 spiro atoms. The molecule has 1 unspecified atom stereocenters. The van der Waals surface area contributed by atoms with Crippen LogP contribution in [0.1, 0.15) is 34.3 Å². The van der Waals surface area contributed by atoms with Gasteiger partial charge in [0.2, 0.25) is 0 Å². The van der Waals surface area contributed by atoms with E-state index in [1.54, 1.807) is 6.26 Å². The maximum absolute atomic E-state index is 12.8. The average Bonchev–Trinajstić information content (AvgIpc) is 3.44. The van der Waals surface area contributed by atoms with Crippen molar-refractivity contribution in [1.29, 1.82) is 0 Å². The molecule has 1 amide bonds. The Morgan fingerprint density at radius 1 is 1.12 bits per heavy atom. The second-order valence-corrected chi connectivity index (χ2v) is 7.43. The number of rotatable bonds is 6. The van der Waals surface area contributed by atoms with Crippen LogP contribution in [0, 0.1) is 0 Å². The molecule has 1 aliphatic heterocycles. The third-order valence-electron chi connectivity index (χ3n) is 4.87. The summed E-state index contributed by atoms with van der Waals surface area (Å²) >= 11 is 1.48. The maximum Gasteiger partial charge on any atom is 0.262 e. The molecule has 1 fully saturated rings. The summed E-state index contributed by atoms with van der Waals surface area (Å²) in [6.07, 6.45) is 4.11. The SMILES string of the molecule is O=C(NCC(c1ccco1)N1CCCC1)c1sccc1-c1ccccc1. The molecule has 3 aromatic rings. The number of furan rings is 1. The van der Waals surface area contributed by atoms with Crippen molar-refractivity contribution in [3.05, 3.63) is 70.8 Å². The molecule has 0 bridgehead atoms. The fourth-order valence-corrected chi connectivity index (χ4v) is 4.38. The fourth-order valence-electron chi connectivity index (χ4n) is 3.54. The Morgan fingerprint density at radius 3 is 2.65 bits per heavy atom. The van der Waals surface area contributed by atoms with E-state index in [4.69, 9.17) is 4.42 Å². The van der Waals surface area contributed by atoms with Crippen LogP contribution in [-0.2, 0) is 0 Å². The molecule has 26 heavy (non-hydrogen) atoms. The molecule has 1 aromatic carbocycles. The lowest BCUT2D eigenvalue weighted by Gasteiger charge is -2.26. The van der Waals surface area contributed by atoms with Gasteiger partial charge in [0.1, 0.15) is 5.76 Å². The highest BCUT2D eigenvalue weighted by atomic mass is 32.1. The van der Waals surface area contributed by atoms with Crippen LogP contribution in [0.25, 0.3) is 11.1 Å². The zero-order chi connectivity index (χ0) is 17.8. The minimum atomic E-state index is -0.0189. The monoisotopic (exact) mass is 366 g/mol. The van der Waals surface area contributed by atoms with Crippen molar-refractivity contribution < 1.29 is 9.21 Å². The van der Waals surface area contributed by atoms with Crippen molar-refractivity contribution in [2.45, 2.75) is 18.9 Å². The third kappa shape index (κ3) is 3.59. The largest absolute Gasteiger partial charge is 0.468 e. The van der Waals surface area contributed by atoms with Gasteiger partial charge in [0.15, 0.2) is 0 Å². The molecule has 0 aliphatic carbocycles. The van der Waals surface area contributed by atoms with Gasteiger partial charge in [-0.2, -0.15) is 0 Å². The maximum atomic E-state index is 12.8. The van der Waals surface area contributed by atoms with Crippen molar-refractivity contribution in [1.82, 2.24) is 10.2 Å². The van der Waals surface area contributed by atoms with E-state index < -0.39 is 0 Å². The van der Waals surface area contributed by atoms with Crippen molar-refractivity contribution in [2.75, 3.05) is 19.6 Å². The van der Waals surface area contributed by atoms with Gasteiger partial charge in [-0.3, -0.25) is 9.69 Å². The molecule has 3 heterocycles. The molecule has 1 aliphatic rings. The lowest BCUT2D eigenvalue weighted by atomic mass is 10.1. The van der Waals surface area contributed by atoms with Gasteiger partial charge in [0.25, 0.3) is 5.91 Å². The number of amides is 1. The van der Waals surface area contributed by atoms with E-state index in [2.05, 4.69) is 10.2 Å². The number of carbonyl (C=O) groups excluding carboxylic acids is 1. The van der Waals surface area contributed by atoms with Gasteiger partial charge in [-0.15, -0.1) is 11.3 Å². The van der Waals surface area contributed by atoms with Crippen molar-refractivity contribution in [2.24, 2.45) is 0 Å². The zero-order valence-corrected chi connectivity index (χ0v) is 15.4. The second-order valence-electron chi connectivity index (χ2n) is 6.51. The van der Waals surface area contributed by atoms with Gasteiger partial charge in [-0.25, -0.2) is 0 Å². The summed E-state index contributed by atoms with van der Waals surface area (Å²) in [5, 5.41) is 5.10. The number of likely N-dealkylation sites (tertiary alicyclic amines) is 1. The van der Waals surface area contributed by atoms with Crippen molar-refractivity contribution >= 4 is 17.2 Å². The first-order chi connectivity index (χ1) is 12.8. The Hall–Kier alpha value is -2.37. The third-order valence-corrected chi connectivity index (χ3v) is 5.78. The van der Waals surface area contributed by atoms with Crippen molar-refractivity contribution in [3.63, 3.8) is 0 Å². The van der Waals surface area contributed by atoms with E-state index >= 15 is 0 Å². The van der Waals surface area contributed by atoms with Crippen LogP contribution in [0.3, 0.4) is 0 Å². The quantitative estimate of drug-likeness (QED) is 0.695. The summed E-state index contributed by atoms with van der Waals surface area (Å²) in [5.41, 5.74) is 2.06. The number of hydrogen-bond donors (Lipinski definition) is 1. The predicted molar refractivity (Wildman–Crippen MR) is 104 cm³/mol. The number of hydrogen-bond acceptors (Lipinski definition) is 4. The number of benzene rings is 1. The molecule has 4 rings (SSSR count). The molecular formula is C21H22N2O2S. The van der Waals surface area contributed by atoms with Crippen molar-refractivity contribution in [3.8, 4) is 11.1 Å². The summed E-state index contributed by atoms with van der Waals surface area (Å²) in [7, 11) is 0. The van der Waals surface area contributed by atoms with Gasteiger partial charge in [0.05, 0.1) is 17.2 Å². The Morgan fingerprint density at radius 2 is 1.92 bits per heavy atom. The summed E-state index contributed by atoms with van der Waals surface area (Å²) in [4.78, 5) is 16.0. The molecule has 134 valence electrons. The minimum absolute atomic E-state index is 0.0189. The topological polar surface area (TPSA) is 45.5 Å². The molecule has 0 radical (unpaired) electrons. The summed E-state index contributed by atoms with van der Waals surface area (Å²) in [5.74, 6) is 0.899. The minimum Gasteiger partial charge on any atom is -0.468 e. The molecule has 2 aromatic heterocycles. The van der Waals surface area contributed by atoms with Gasteiger partial charge in [0, 0.05) is 12.1 Å². The fraction of sp³-hybridized carbons (Fsp3) is 0.286. The van der Waals surface area contributed by atoms with Crippen LogP contribution >= 0.6 is 11.3 Å². The highest BCUT2D eigenvalue weighted by Crippen LogP contribution is 2.29. The Bertz CT molecular complexity index is 836. The lowest BCUT2D eigenvalue weighted by Crippen LogP contribution is -2.36. The number of nitrogens with zero attached hydrogens (tertiary/aromatic N) is 1. The predicted octanol–water partition coefficient (Wildman–Crippen LogP) is 4.58. The van der Waals surface area contributed by atoms with Gasteiger partial charge in [-0.05, 0) is 55.1 Å². The molecule has 5 heteroatoms. The van der Waals surface area contributed by atoms with Crippen LogP contribution in [0.5, 0.6) is 0 Å². The Balaban J connectivity index is 1.49. The molecule has 0 saturated carbocycles. The lowest BCUT2D eigenvalue weighted by molar-refractivity contribution is 0.0938. The van der Waals surface area contributed by atoms with Gasteiger partial charge < -0.3 is 9.73 Å². The highest BCUT2D eigenvalue weighted by Gasteiger charge is 2.26. The van der Waals surface area contributed by atoms with E-state index in [9.17, 15) is 4.79 Å². The molecule has 4 nitrogen and oxygen atoms in total.